The van der Waals surface area contributed by atoms with Crippen LogP contribution in [0.1, 0.15) is 56.1 Å². The van der Waals surface area contributed by atoms with E-state index < -0.39 is 11.5 Å². The Balaban J connectivity index is 2.03. The van der Waals surface area contributed by atoms with Crippen LogP contribution in [0.3, 0.4) is 0 Å². The number of nitrogens with one attached hydrogen (secondary N) is 1. The molecule has 24 heavy (non-hydrogen) atoms. The summed E-state index contributed by atoms with van der Waals surface area (Å²) in [6, 6.07) is 8.25. The van der Waals surface area contributed by atoms with E-state index in [4.69, 9.17) is 4.74 Å². The third kappa shape index (κ3) is 5.06. The van der Waals surface area contributed by atoms with E-state index >= 15 is 0 Å². The highest BCUT2D eigenvalue weighted by Crippen LogP contribution is 2.27. The number of hydrogen-bond donors (Lipinski definition) is 2. The van der Waals surface area contributed by atoms with Gasteiger partial charge in [-0.05, 0) is 37.7 Å². The summed E-state index contributed by atoms with van der Waals surface area (Å²) < 4.78 is 5.33. The molecule has 5 heteroatoms. The zero-order chi connectivity index (χ0) is 17.6. The molecule has 1 aromatic rings. The SMILES string of the molecule is CCC(CC(=O)NC1(CC(=O)O)CCOCC1)c1ccc(C)cc1. The van der Waals surface area contributed by atoms with Gasteiger partial charge in [0.05, 0.1) is 12.0 Å². The Kier molecular flexibility index (Phi) is 6.37. The predicted molar refractivity (Wildman–Crippen MR) is 92.0 cm³/mol. The summed E-state index contributed by atoms with van der Waals surface area (Å²) in [6.45, 7) is 5.09. The van der Waals surface area contributed by atoms with Crippen LogP contribution >= 0.6 is 0 Å². The standard InChI is InChI=1S/C19H27NO4/c1-3-15(16-6-4-14(2)5-7-16)12-17(21)20-19(13-18(22)23)8-10-24-11-9-19/h4-7,15H,3,8-13H2,1-2H3,(H,20,21)(H,22,23). The molecule has 0 aliphatic carbocycles. The average Bonchev–Trinajstić information content (AvgIpc) is 2.53. The van der Waals surface area contributed by atoms with Crippen LogP contribution in [-0.4, -0.2) is 35.7 Å². The maximum absolute atomic E-state index is 12.6. The van der Waals surface area contributed by atoms with E-state index in [1.54, 1.807) is 0 Å². The first-order valence-corrected chi connectivity index (χ1v) is 8.61. The van der Waals surface area contributed by atoms with Crippen LogP contribution in [0.4, 0.5) is 0 Å². The summed E-state index contributed by atoms with van der Waals surface area (Å²) in [6.07, 6.45) is 2.29. The maximum atomic E-state index is 12.6. The van der Waals surface area contributed by atoms with E-state index in [1.165, 1.54) is 5.56 Å². The van der Waals surface area contributed by atoms with Crippen molar-refractivity contribution in [3.63, 3.8) is 0 Å². The second-order valence-electron chi connectivity index (χ2n) is 6.73. The minimum Gasteiger partial charge on any atom is -0.481 e. The van der Waals surface area contributed by atoms with Gasteiger partial charge < -0.3 is 15.2 Å². The molecule has 1 aromatic carbocycles. The molecule has 2 N–H and O–H groups in total. The van der Waals surface area contributed by atoms with Crippen molar-refractivity contribution >= 4 is 11.9 Å². The monoisotopic (exact) mass is 333 g/mol. The highest BCUT2D eigenvalue weighted by molar-refractivity contribution is 5.79. The van der Waals surface area contributed by atoms with Gasteiger partial charge in [0.15, 0.2) is 0 Å². The van der Waals surface area contributed by atoms with Gasteiger partial charge in [0.2, 0.25) is 5.91 Å². The Labute approximate surface area is 143 Å². The lowest BCUT2D eigenvalue weighted by Gasteiger charge is -2.37. The van der Waals surface area contributed by atoms with Crippen LogP contribution in [0.2, 0.25) is 0 Å². The molecule has 0 spiro atoms. The van der Waals surface area contributed by atoms with E-state index in [0.717, 1.165) is 12.0 Å². The molecule has 0 radical (unpaired) electrons. The number of aryl methyl sites for hydroxylation is 1. The van der Waals surface area contributed by atoms with Gasteiger partial charge in [-0.25, -0.2) is 0 Å². The Morgan fingerprint density at radius 1 is 1.25 bits per heavy atom. The summed E-state index contributed by atoms with van der Waals surface area (Å²) in [5.74, 6) is -0.819. The summed E-state index contributed by atoms with van der Waals surface area (Å²) in [4.78, 5) is 23.8. The average molecular weight is 333 g/mol. The van der Waals surface area contributed by atoms with E-state index in [-0.39, 0.29) is 18.2 Å². The van der Waals surface area contributed by atoms with Gasteiger partial charge in [-0.3, -0.25) is 9.59 Å². The molecule has 0 saturated carbocycles. The van der Waals surface area contributed by atoms with Crippen molar-refractivity contribution in [2.45, 2.75) is 57.4 Å². The molecule has 1 saturated heterocycles. The zero-order valence-electron chi connectivity index (χ0n) is 14.5. The quantitative estimate of drug-likeness (QED) is 0.804. The fourth-order valence-corrected chi connectivity index (χ4v) is 3.30. The van der Waals surface area contributed by atoms with Gasteiger partial charge in [-0.1, -0.05) is 36.8 Å². The van der Waals surface area contributed by atoms with Crippen molar-refractivity contribution in [3.8, 4) is 0 Å². The van der Waals surface area contributed by atoms with E-state index in [0.29, 0.717) is 32.5 Å². The molecule has 2 rings (SSSR count). The number of carbonyl (C=O) groups excluding carboxylic acids is 1. The first kappa shape index (κ1) is 18.5. The van der Waals surface area contributed by atoms with E-state index in [9.17, 15) is 14.7 Å². The predicted octanol–water partition coefficient (Wildman–Crippen LogP) is 3.02. The third-order valence-corrected chi connectivity index (χ3v) is 4.82. The third-order valence-electron chi connectivity index (χ3n) is 4.82. The summed E-state index contributed by atoms with van der Waals surface area (Å²) in [7, 11) is 0. The molecule has 1 aliphatic rings. The lowest BCUT2D eigenvalue weighted by molar-refractivity contribution is -0.140. The molecular formula is C19H27NO4. The van der Waals surface area contributed by atoms with Crippen molar-refractivity contribution in [1.82, 2.24) is 5.32 Å². The first-order chi connectivity index (χ1) is 11.4. The fraction of sp³-hybridized carbons (Fsp3) is 0.579. The van der Waals surface area contributed by atoms with Crippen LogP contribution in [0, 0.1) is 6.92 Å². The molecule has 1 heterocycles. The minimum absolute atomic E-state index is 0.0522. The summed E-state index contributed by atoms with van der Waals surface area (Å²) in [5.41, 5.74) is 1.67. The number of carboxylic acid groups (broad SMARTS) is 1. The lowest BCUT2D eigenvalue weighted by atomic mass is 9.85. The van der Waals surface area contributed by atoms with Crippen molar-refractivity contribution in [2.24, 2.45) is 0 Å². The number of carbonyl (C=O) groups is 2. The van der Waals surface area contributed by atoms with Crippen LogP contribution in [-0.2, 0) is 14.3 Å². The molecule has 1 amide bonds. The topological polar surface area (TPSA) is 75.6 Å². The highest BCUT2D eigenvalue weighted by atomic mass is 16.5. The van der Waals surface area contributed by atoms with E-state index in [1.807, 2.05) is 6.92 Å². The second-order valence-corrected chi connectivity index (χ2v) is 6.73. The number of hydrogen-bond acceptors (Lipinski definition) is 3. The van der Waals surface area contributed by atoms with Gasteiger partial charge in [0.1, 0.15) is 0 Å². The summed E-state index contributed by atoms with van der Waals surface area (Å²) in [5, 5.41) is 12.2. The molecule has 1 aliphatic heterocycles. The zero-order valence-corrected chi connectivity index (χ0v) is 14.5. The van der Waals surface area contributed by atoms with Gasteiger partial charge in [-0.15, -0.1) is 0 Å². The minimum atomic E-state index is -0.886. The van der Waals surface area contributed by atoms with Gasteiger partial charge in [0, 0.05) is 19.6 Å². The number of carboxylic acids is 1. The highest BCUT2D eigenvalue weighted by Gasteiger charge is 2.36. The van der Waals surface area contributed by atoms with Gasteiger partial charge >= 0.3 is 5.97 Å². The molecule has 1 fully saturated rings. The molecule has 132 valence electrons. The first-order valence-electron chi connectivity index (χ1n) is 8.61. The smallest absolute Gasteiger partial charge is 0.305 e. The molecule has 5 nitrogen and oxygen atoms in total. The van der Waals surface area contributed by atoms with Crippen molar-refractivity contribution in [3.05, 3.63) is 35.4 Å². The van der Waals surface area contributed by atoms with E-state index in [2.05, 4.69) is 36.5 Å². The van der Waals surface area contributed by atoms with Crippen LogP contribution in [0.15, 0.2) is 24.3 Å². The summed E-state index contributed by atoms with van der Waals surface area (Å²) >= 11 is 0. The number of rotatable bonds is 7. The Morgan fingerprint density at radius 3 is 2.42 bits per heavy atom. The van der Waals surface area contributed by atoms with Gasteiger partial charge in [0.25, 0.3) is 0 Å². The Bertz CT molecular complexity index is 561. The van der Waals surface area contributed by atoms with Crippen LogP contribution in [0.25, 0.3) is 0 Å². The van der Waals surface area contributed by atoms with Gasteiger partial charge in [-0.2, -0.15) is 0 Å². The number of aliphatic carboxylic acids is 1. The number of benzene rings is 1. The van der Waals surface area contributed by atoms with Crippen LogP contribution < -0.4 is 5.32 Å². The lowest BCUT2D eigenvalue weighted by Crippen LogP contribution is -2.53. The van der Waals surface area contributed by atoms with Crippen LogP contribution in [0.5, 0.6) is 0 Å². The molecule has 1 atom stereocenters. The Hall–Kier alpha value is -1.88. The fourth-order valence-electron chi connectivity index (χ4n) is 3.30. The molecule has 1 unspecified atom stereocenters. The number of amides is 1. The van der Waals surface area contributed by atoms with Crippen molar-refractivity contribution in [2.75, 3.05) is 13.2 Å². The molecule has 0 aromatic heterocycles. The second kappa shape index (κ2) is 8.29. The number of ether oxygens (including phenoxy) is 1. The largest absolute Gasteiger partial charge is 0.481 e. The molecular weight excluding hydrogens is 306 g/mol. The van der Waals surface area contributed by atoms with Crippen molar-refractivity contribution < 1.29 is 19.4 Å². The Morgan fingerprint density at radius 2 is 1.88 bits per heavy atom. The normalized spacial score (nSPS) is 17.9. The molecule has 0 bridgehead atoms. The van der Waals surface area contributed by atoms with Crippen molar-refractivity contribution in [1.29, 1.82) is 0 Å². The maximum Gasteiger partial charge on any atom is 0.305 e.